The molecule has 1 nitrogen and oxygen atoms in total. The maximum Gasteiger partial charge on any atom is 0.389 e. The predicted octanol–water partition coefficient (Wildman–Crippen LogP) is 5.33. The van der Waals surface area contributed by atoms with Crippen molar-refractivity contribution in [1.82, 2.24) is 5.32 Å². The van der Waals surface area contributed by atoms with Gasteiger partial charge in [0.25, 0.3) is 0 Å². The molecule has 1 unspecified atom stereocenters. The number of nitrogens with one attached hydrogen (secondary N) is 1. The van der Waals surface area contributed by atoms with Gasteiger partial charge in [0.1, 0.15) is 0 Å². The Morgan fingerprint density at radius 3 is 2.58 bits per heavy atom. The summed E-state index contributed by atoms with van der Waals surface area (Å²) in [5.41, 5.74) is 0.808. The molecule has 0 radical (unpaired) electrons. The number of hydrogen-bond donors (Lipinski definition) is 1. The molecule has 0 aliphatic carbocycles. The third-order valence-electron chi connectivity index (χ3n) is 2.70. The Bertz CT molecular complexity index is 409. The topological polar surface area (TPSA) is 12.0 Å². The number of halogens is 5. The largest absolute Gasteiger partial charge is 0.389 e. The van der Waals surface area contributed by atoms with E-state index < -0.39 is 12.6 Å². The van der Waals surface area contributed by atoms with Crippen LogP contribution in [0.25, 0.3) is 0 Å². The summed E-state index contributed by atoms with van der Waals surface area (Å²) >= 11 is 8.12. The highest BCUT2D eigenvalue weighted by Crippen LogP contribution is 2.30. The van der Waals surface area contributed by atoms with Gasteiger partial charge < -0.3 is 5.32 Å². The third-order valence-corrected chi connectivity index (χ3v) is 4.28. The van der Waals surface area contributed by atoms with Crippen molar-refractivity contribution in [3.63, 3.8) is 0 Å². The van der Waals surface area contributed by atoms with Gasteiger partial charge >= 0.3 is 6.18 Å². The Kier molecular flexibility index (Phi) is 6.90. The predicted molar refractivity (Wildman–Crippen MR) is 80.5 cm³/mol. The van der Waals surface area contributed by atoms with Gasteiger partial charge in [-0.25, -0.2) is 0 Å². The highest BCUT2D eigenvalue weighted by atomic mass is 127. The standard InChI is InChI=1S/C13H16ClF3IN/c1-2-7-19-12(5-6-13(15,16)17)9-3-4-11(18)10(14)8-9/h3-4,8,12,19H,2,5-7H2,1H3. The SMILES string of the molecule is CCCNC(CCC(F)(F)F)c1ccc(I)c(Cl)c1. The lowest BCUT2D eigenvalue weighted by atomic mass is 10.0. The quantitative estimate of drug-likeness (QED) is 0.631. The molecular formula is C13H16ClF3IN. The summed E-state index contributed by atoms with van der Waals surface area (Å²) in [6.07, 6.45) is -4.02. The van der Waals surface area contributed by atoms with Crippen LogP contribution in [0.2, 0.25) is 5.02 Å². The molecule has 0 amide bonds. The molecule has 1 aromatic carbocycles. The normalized spacial score (nSPS) is 13.6. The third kappa shape index (κ3) is 6.31. The van der Waals surface area contributed by atoms with Crippen LogP contribution in [-0.4, -0.2) is 12.7 Å². The highest BCUT2D eigenvalue weighted by molar-refractivity contribution is 14.1. The van der Waals surface area contributed by atoms with E-state index in [1.54, 1.807) is 6.07 Å². The van der Waals surface area contributed by atoms with E-state index in [0.29, 0.717) is 11.6 Å². The van der Waals surface area contributed by atoms with E-state index in [1.807, 2.05) is 19.1 Å². The first kappa shape index (κ1) is 17.0. The zero-order chi connectivity index (χ0) is 14.5. The van der Waals surface area contributed by atoms with Crippen LogP contribution >= 0.6 is 34.2 Å². The van der Waals surface area contributed by atoms with Crippen LogP contribution < -0.4 is 5.32 Å². The van der Waals surface area contributed by atoms with E-state index >= 15 is 0 Å². The number of alkyl halides is 3. The van der Waals surface area contributed by atoms with Crippen molar-refractivity contribution in [2.45, 2.75) is 38.4 Å². The van der Waals surface area contributed by atoms with Crippen LogP contribution in [0.3, 0.4) is 0 Å². The Hall–Kier alpha value is -0.0100. The van der Waals surface area contributed by atoms with E-state index in [-0.39, 0.29) is 12.5 Å². The first-order valence-corrected chi connectivity index (χ1v) is 7.54. The molecule has 0 fully saturated rings. The Morgan fingerprint density at radius 2 is 2.05 bits per heavy atom. The van der Waals surface area contributed by atoms with E-state index in [0.717, 1.165) is 15.6 Å². The average molecular weight is 406 g/mol. The van der Waals surface area contributed by atoms with E-state index in [1.165, 1.54) is 0 Å². The lowest BCUT2D eigenvalue weighted by Crippen LogP contribution is -2.24. The molecule has 0 heterocycles. The zero-order valence-electron chi connectivity index (χ0n) is 10.5. The van der Waals surface area contributed by atoms with Crippen molar-refractivity contribution in [3.05, 3.63) is 32.4 Å². The van der Waals surface area contributed by atoms with Gasteiger partial charge in [0, 0.05) is 16.0 Å². The summed E-state index contributed by atoms with van der Waals surface area (Å²) in [6.45, 7) is 2.67. The Balaban J connectivity index is 2.79. The second-order valence-corrected chi connectivity index (χ2v) is 5.90. The number of rotatable bonds is 6. The van der Waals surface area contributed by atoms with E-state index in [9.17, 15) is 13.2 Å². The monoisotopic (exact) mass is 405 g/mol. The summed E-state index contributed by atoms with van der Waals surface area (Å²) < 4.78 is 37.9. The van der Waals surface area contributed by atoms with Gasteiger partial charge in [0.15, 0.2) is 0 Å². The minimum absolute atomic E-state index is 0.0282. The molecule has 1 aromatic rings. The van der Waals surface area contributed by atoms with Crippen molar-refractivity contribution in [2.75, 3.05) is 6.54 Å². The van der Waals surface area contributed by atoms with Crippen molar-refractivity contribution in [2.24, 2.45) is 0 Å². The molecular weight excluding hydrogens is 390 g/mol. The molecule has 1 atom stereocenters. The summed E-state index contributed by atoms with van der Waals surface area (Å²) in [5.74, 6) is 0. The van der Waals surface area contributed by atoms with Gasteiger partial charge in [-0.05, 0) is 59.7 Å². The van der Waals surface area contributed by atoms with Crippen LogP contribution in [0, 0.1) is 3.57 Å². The molecule has 0 saturated carbocycles. The first-order valence-electron chi connectivity index (χ1n) is 6.08. The Labute approximate surface area is 130 Å². The van der Waals surface area contributed by atoms with Gasteiger partial charge in [0.05, 0.1) is 5.02 Å². The van der Waals surface area contributed by atoms with Crippen LogP contribution in [0.4, 0.5) is 13.2 Å². The molecule has 108 valence electrons. The molecule has 6 heteroatoms. The van der Waals surface area contributed by atoms with Crippen LogP contribution in [-0.2, 0) is 0 Å². The van der Waals surface area contributed by atoms with Gasteiger partial charge in [-0.3, -0.25) is 0 Å². The van der Waals surface area contributed by atoms with Crippen LogP contribution in [0.1, 0.15) is 37.8 Å². The van der Waals surface area contributed by atoms with E-state index in [2.05, 4.69) is 27.9 Å². The summed E-state index contributed by atoms with van der Waals surface area (Å²) in [7, 11) is 0. The van der Waals surface area contributed by atoms with Gasteiger partial charge in [-0.15, -0.1) is 0 Å². The fourth-order valence-corrected chi connectivity index (χ4v) is 2.27. The van der Waals surface area contributed by atoms with Gasteiger partial charge in [0.2, 0.25) is 0 Å². The highest BCUT2D eigenvalue weighted by Gasteiger charge is 2.28. The summed E-state index contributed by atoms with van der Waals surface area (Å²) in [6, 6.07) is 5.09. The molecule has 1 N–H and O–H groups in total. The summed E-state index contributed by atoms with van der Waals surface area (Å²) in [5, 5.41) is 3.72. The molecule has 0 aromatic heterocycles. The second kappa shape index (κ2) is 7.69. The fraction of sp³-hybridized carbons (Fsp3) is 0.538. The Morgan fingerprint density at radius 1 is 1.37 bits per heavy atom. The van der Waals surface area contributed by atoms with Crippen molar-refractivity contribution >= 4 is 34.2 Å². The first-order chi connectivity index (χ1) is 8.83. The lowest BCUT2D eigenvalue weighted by molar-refractivity contribution is -0.136. The lowest BCUT2D eigenvalue weighted by Gasteiger charge is -2.20. The molecule has 1 rings (SSSR count). The molecule has 0 spiro atoms. The zero-order valence-corrected chi connectivity index (χ0v) is 13.4. The maximum absolute atomic E-state index is 12.3. The minimum Gasteiger partial charge on any atom is -0.310 e. The van der Waals surface area contributed by atoms with Crippen molar-refractivity contribution in [1.29, 1.82) is 0 Å². The fourth-order valence-electron chi connectivity index (χ4n) is 1.74. The smallest absolute Gasteiger partial charge is 0.310 e. The maximum atomic E-state index is 12.3. The van der Waals surface area contributed by atoms with Crippen molar-refractivity contribution < 1.29 is 13.2 Å². The molecule has 0 aliphatic heterocycles. The van der Waals surface area contributed by atoms with Crippen molar-refractivity contribution in [3.8, 4) is 0 Å². The molecule has 0 aliphatic rings. The van der Waals surface area contributed by atoms with Crippen LogP contribution in [0.5, 0.6) is 0 Å². The van der Waals surface area contributed by atoms with Gasteiger partial charge in [-0.2, -0.15) is 13.2 Å². The molecule has 19 heavy (non-hydrogen) atoms. The van der Waals surface area contributed by atoms with Crippen LogP contribution in [0.15, 0.2) is 18.2 Å². The molecule has 0 saturated heterocycles. The number of benzene rings is 1. The summed E-state index contributed by atoms with van der Waals surface area (Å²) in [4.78, 5) is 0. The minimum atomic E-state index is -4.13. The van der Waals surface area contributed by atoms with E-state index in [4.69, 9.17) is 11.6 Å². The molecule has 0 bridgehead atoms. The van der Waals surface area contributed by atoms with Gasteiger partial charge in [-0.1, -0.05) is 24.6 Å². The average Bonchev–Trinajstić information content (AvgIpc) is 2.32. The number of hydrogen-bond acceptors (Lipinski definition) is 1. The second-order valence-electron chi connectivity index (χ2n) is 4.33.